The summed E-state index contributed by atoms with van der Waals surface area (Å²) >= 11 is 0. The van der Waals surface area contributed by atoms with Crippen LogP contribution in [0.2, 0.25) is 0 Å². The van der Waals surface area contributed by atoms with Crippen molar-refractivity contribution in [2.75, 3.05) is 49.6 Å². The topological polar surface area (TPSA) is 182 Å². The van der Waals surface area contributed by atoms with Crippen molar-refractivity contribution in [2.45, 2.75) is 133 Å². The molecule has 4 saturated heterocycles. The number of piperidine rings is 2. The zero-order chi connectivity index (χ0) is 44.3. The molecule has 5 atom stereocenters. The molecule has 2 bridgehead atoms. The number of carbonyl (C=O) groups is 1. The van der Waals surface area contributed by atoms with Crippen LogP contribution in [0.5, 0.6) is 5.75 Å². The molecule has 1 amide bonds. The van der Waals surface area contributed by atoms with Crippen LogP contribution in [0.1, 0.15) is 111 Å². The van der Waals surface area contributed by atoms with Gasteiger partial charge in [0.2, 0.25) is 0 Å². The fourth-order valence-corrected chi connectivity index (χ4v) is 11.4. The molecule has 4 aliphatic heterocycles. The summed E-state index contributed by atoms with van der Waals surface area (Å²) in [6.45, 7) is 6.80. The summed E-state index contributed by atoms with van der Waals surface area (Å²) in [5.41, 5.74) is 1.98. The number of hydrogen-bond acceptors (Lipinski definition) is 13. The second kappa shape index (κ2) is 17.8. The minimum Gasteiger partial charge on any atom is -0.493 e. The van der Waals surface area contributed by atoms with Crippen molar-refractivity contribution in [3.63, 3.8) is 0 Å². The molecule has 17 nitrogen and oxygen atoms in total. The number of likely N-dealkylation sites (tertiary alicyclic amines) is 1. The standard InChI is InChI=1S/C46H59F2N11O6/c1-26-39-35(59(52-26)36-10-11-38(60)51-45(36)61)4-2-5-37(39)64-24-28-18-32(19-28)65-31-12-16-55(17-13-31)21-27-6-8-29(9-7-27)58-23-34(41(53-58)42(47)48)50-46(62)40-43-49-14-3-15-57(43)54-44(40)56-22-33-20-30(56)25-63-33/h2-5,14-15,23,27-33,36,38,42,45,51,60-61H,6-13,16-22,24-25H2,1H3,(H,50,62)/t27?,28?,29?,30-,32?,33-,36-,38-,45-/m1/s1. The predicted octanol–water partition coefficient (Wildman–Crippen LogP) is 5.38. The number of carbonyl (C=O) groups excluding carboxylic acids is 1. The molecule has 4 N–H and O–H groups in total. The largest absolute Gasteiger partial charge is 0.493 e. The average Bonchev–Trinajstić information content (AvgIpc) is 4.14. The molecule has 65 heavy (non-hydrogen) atoms. The lowest BCUT2D eigenvalue weighted by Crippen LogP contribution is -2.48. The molecule has 0 radical (unpaired) electrons. The first-order chi connectivity index (χ1) is 31.6. The zero-order valence-corrected chi connectivity index (χ0v) is 36.7. The van der Waals surface area contributed by atoms with E-state index in [2.05, 4.69) is 35.6 Å². The molecule has 348 valence electrons. The Balaban J connectivity index is 0.629. The van der Waals surface area contributed by atoms with E-state index in [9.17, 15) is 23.8 Å². The van der Waals surface area contributed by atoms with Crippen LogP contribution in [0.4, 0.5) is 20.3 Å². The van der Waals surface area contributed by atoms with Gasteiger partial charge in [-0.3, -0.25) is 19.5 Å². The summed E-state index contributed by atoms with van der Waals surface area (Å²) in [6.07, 6.45) is 10.7. The third kappa shape index (κ3) is 8.48. The van der Waals surface area contributed by atoms with E-state index < -0.39 is 30.5 Å². The Hall–Kier alpha value is -4.79. The fourth-order valence-electron chi connectivity index (χ4n) is 11.4. The number of aliphatic hydroxyl groups excluding tert-OH is 2. The quantitative estimate of drug-likeness (QED) is 0.118. The number of fused-ring (bicyclic) bond motifs is 4. The van der Waals surface area contributed by atoms with E-state index in [1.54, 1.807) is 33.9 Å². The van der Waals surface area contributed by atoms with Crippen molar-refractivity contribution in [2.24, 2.45) is 11.8 Å². The average molecular weight is 900 g/mol. The monoisotopic (exact) mass is 899 g/mol. The zero-order valence-electron chi connectivity index (χ0n) is 36.7. The fraction of sp³-hybridized carbons (Fsp3) is 0.630. The van der Waals surface area contributed by atoms with Crippen LogP contribution in [-0.4, -0.2) is 131 Å². The lowest BCUT2D eigenvalue weighted by atomic mass is 9.82. The van der Waals surface area contributed by atoms with E-state index in [1.165, 1.54) is 0 Å². The third-order valence-corrected chi connectivity index (χ3v) is 14.9. The Morgan fingerprint density at radius 1 is 0.969 bits per heavy atom. The molecule has 4 aromatic heterocycles. The van der Waals surface area contributed by atoms with Crippen LogP contribution < -0.4 is 20.3 Å². The molecule has 19 heteroatoms. The Morgan fingerprint density at radius 3 is 2.55 bits per heavy atom. The molecule has 11 rings (SSSR count). The maximum atomic E-state index is 14.4. The summed E-state index contributed by atoms with van der Waals surface area (Å²) in [5, 5.41) is 40.9. The number of ether oxygens (including phenoxy) is 3. The molecule has 6 fully saturated rings. The van der Waals surface area contributed by atoms with Gasteiger partial charge in [-0.05, 0) is 108 Å². The van der Waals surface area contributed by atoms with Gasteiger partial charge in [-0.2, -0.15) is 10.2 Å². The first-order valence-electron chi connectivity index (χ1n) is 23.6. The van der Waals surface area contributed by atoms with Crippen molar-refractivity contribution >= 4 is 34.0 Å². The molecule has 2 aliphatic carbocycles. The van der Waals surface area contributed by atoms with Crippen LogP contribution in [0.25, 0.3) is 16.6 Å². The number of amides is 1. The van der Waals surface area contributed by atoms with Crippen LogP contribution in [0, 0.1) is 18.8 Å². The number of nitrogens with one attached hydrogen (secondary N) is 2. The van der Waals surface area contributed by atoms with E-state index in [0.717, 1.165) is 99.8 Å². The molecule has 2 saturated carbocycles. The SMILES string of the molecule is Cc1nn([C@@H]2CC[C@@H](O)N[C@@H]2O)c2cccc(OCC3CC(OC4CCN(CC5CCC(n6cc(NC(=O)c7c(N8C[C@H]9C[C@@H]8CO9)nn8cccnc78)c(C(F)F)n6)CC5)CC4)C3)c12. The van der Waals surface area contributed by atoms with Gasteiger partial charge in [0.1, 0.15) is 23.8 Å². The highest BCUT2D eigenvalue weighted by molar-refractivity contribution is 6.12. The number of benzene rings is 1. The third-order valence-electron chi connectivity index (χ3n) is 14.9. The number of nitrogens with zero attached hydrogens (tertiary/aromatic N) is 9. The highest BCUT2D eigenvalue weighted by Crippen LogP contribution is 2.40. The molecule has 0 unspecified atom stereocenters. The summed E-state index contributed by atoms with van der Waals surface area (Å²) in [6, 6.07) is 7.52. The first kappa shape index (κ1) is 42.8. The molecule has 8 heterocycles. The van der Waals surface area contributed by atoms with Gasteiger partial charge in [-0.15, -0.1) is 5.10 Å². The second-order valence-electron chi connectivity index (χ2n) is 19.3. The number of hydrogen-bond donors (Lipinski definition) is 4. The van der Waals surface area contributed by atoms with Gasteiger partial charge in [0, 0.05) is 44.8 Å². The molecule has 0 spiro atoms. The van der Waals surface area contributed by atoms with Crippen molar-refractivity contribution in [1.29, 1.82) is 0 Å². The predicted molar refractivity (Wildman–Crippen MR) is 235 cm³/mol. The van der Waals surface area contributed by atoms with Crippen molar-refractivity contribution in [3.05, 3.63) is 59.8 Å². The maximum absolute atomic E-state index is 14.4. The maximum Gasteiger partial charge on any atom is 0.284 e. The van der Waals surface area contributed by atoms with Crippen molar-refractivity contribution < 1.29 is 38.0 Å². The van der Waals surface area contributed by atoms with Gasteiger partial charge in [0.05, 0.1) is 71.9 Å². The van der Waals surface area contributed by atoms with Gasteiger partial charge in [0.15, 0.2) is 17.2 Å². The first-order valence-corrected chi connectivity index (χ1v) is 23.6. The number of rotatable bonds is 13. The number of aromatic nitrogens is 7. The van der Waals surface area contributed by atoms with Crippen molar-refractivity contribution in [1.82, 2.24) is 44.4 Å². The highest BCUT2D eigenvalue weighted by Gasteiger charge is 2.43. The van der Waals surface area contributed by atoms with Crippen molar-refractivity contribution in [3.8, 4) is 5.75 Å². The van der Waals surface area contributed by atoms with Gasteiger partial charge in [0.25, 0.3) is 12.3 Å². The van der Waals surface area contributed by atoms with E-state index in [0.29, 0.717) is 55.9 Å². The Labute approximate surface area is 375 Å². The molecular formula is C46H59F2N11O6. The Morgan fingerprint density at radius 2 is 1.80 bits per heavy atom. The second-order valence-corrected chi connectivity index (χ2v) is 19.3. The van der Waals surface area contributed by atoms with Crippen LogP contribution in [0.15, 0.2) is 42.9 Å². The van der Waals surface area contributed by atoms with Gasteiger partial charge in [-0.25, -0.2) is 18.3 Å². The molecular weight excluding hydrogens is 841 g/mol. The normalized spacial score (nSPS) is 29.9. The summed E-state index contributed by atoms with van der Waals surface area (Å²) in [7, 11) is 0. The van der Waals surface area contributed by atoms with E-state index in [-0.39, 0.29) is 47.7 Å². The van der Waals surface area contributed by atoms with Gasteiger partial charge < -0.3 is 39.5 Å². The highest BCUT2D eigenvalue weighted by atomic mass is 19.3. The Bertz CT molecular complexity index is 2490. The number of aryl methyl sites for hydroxylation is 1. The van der Waals surface area contributed by atoms with Crippen LogP contribution >= 0.6 is 0 Å². The van der Waals surface area contributed by atoms with Crippen LogP contribution in [0.3, 0.4) is 0 Å². The number of alkyl halides is 2. The van der Waals surface area contributed by atoms with E-state index >= 15 is 0 Å². The van der Waals surface area contributed by atoms with Crippen LogP contribution in [-0.2, 0) is 9.47 Å². The number of aliphatic hydroxyl groups is 2. The summed E-state index contributed by atoms with van der Waals surface area (Å²) < 4.78 is 52.7. The van der Waals surface area contributed by atoms with E-state index in [4.69, 9.17) is 19.3 Å². The lowest BCUT2D eigenvalue weighted by Gasteiger charge is -2.41. The summed E-state index contributed by atoms with van der Waals surface area (Å²) in [4.78, 5) is 23.0. The number of anilines is 2. The Kier molecular flexibility index (Phi) is 11.7. The molecule has 1 aromatic carbocycles. The number of halogens is 2. The molecule has 6 aliphatic rings. The number of morpholine rings is 1. The lowest BCUT2D eigenvalue weighted by molar-refractivity contribution is -0.100. The van der Waals surface area contributed by atoms with Gasteiger partial charge in [-0.1, -0.05) is 6.07 Å². The smallest absolute Gasteiger partial charge is 0.284 e. The molecule has 5 aromatic rings. The van der Waals surface area contributed by atoms with Gasteiger partial charge >= 0.3 is 0 Å². The van der Waals surface area contributed by atoms with E-state index in [1.807, 2.05) is 29.8 Å². The minimum absolute atomic E-state index is 0.0157. The minimum atomic E-state index is -2.85. The summed E-state index contributed by atoms with van der Waals surface area (Å²) in [5.74, 6) is 1.71.